The lowest BCUT2D eigenvalue weighted by atomic mass is 9.73. The number of benzene rings is 1. The second kappa shape index (κ2) is 6.75. The molecule has 1 unspecified atom stereocenters. The van der Waals surface area contributed by atoms with E-state index in [2.05, 4.69) is 37.4 Å². The Morgan fingerprint density at radius 2 is 2.08 bits per heavy atom. The molecular formula is C20H30N2O2. The first kappa shape index (κ1) is 17.3. The topological polar surface area (TPSA) is 41.6 Å². The van der Waals surface area contributed by atoms with Gasteiger partial charge < -0.3 is 15.0 Å². The number of urea groups is 1. The Labute approximate surface area is 145 Å². The molecule has 1 N–H and O–H groups in total. The largest absolute Gasteiger partial charge is 0.374 e. The van der Waals surface area contributed by atoms with Crippen molar-refractivity contribution in [2.45, 2.75) is 64.5 Å². The number of ether oxygens (including phenoxy) is 1. The average Bonchev–Trinajstić information content (AvgIpc) is 2.81. The maximum absolute atomic E-state index is 12.3. The maximum Gasteiger partial charge on any atom is 0.317 e. The van der Waals surface area contributed by atoms with E-state index >= 15 is 0 Å². The van der Waals surface area contributed by atoms with E-state index in [1.807, 2.05) is 18.7 Å². The van der Waals surface area contributed by atoms with Gasteiger partial charge >= 0.3 is 6.03 Å². The van der Waals surface area contributed by atoms with Crippen molar-refractivity contribution in [1.29, 1.82) is 0 Å². The normalized spacial score (nSPS) is 22.0. The Morgan fingerprint density at radius 1 is 1.38 bits per heavy atom. The van der Waals surface area contributed by atoms with Crippen LogP contribution in [-0.2, 0) is 10.2 Å². The van der Waals surface area contributed by atoms with Crippen molar-refractivity contribution in [3.05, 3.63) is 34.9 Å². The number of carbonyl (C=O) groups excluding carboxylic acids is 1. The van der Waals surface area contributed by atoms with Crippen LogP contribution in [0.1, 0.15) is 62.8 Å². The van der Waals surface area contributed by atoms with Crippen molar-refractivity contribution in [1.82, 2.24) is 10.2 Å². The van der Waals surface area contributed by atoms with Gasteiger partial charge in [0, 0.05) is 31.2 Å². The molecule has 3 rings (SSSR count). The predicted molar refractivity (Wildman–Crippen MR) is 96.3 cm³/mol. The summed E-state index contributed by atoms with van der Waals surface area (Å²) in [6, 6.07) is 7.07. The highest BCUT2D eigenvalue weighted by Gasteiger charge is 2.46. The fraction of sp³-hybridized carbons (Fsp3) is 0.650. The second-order valence-corrected chi connectivity index (χ2v) is 7.61. The lowest BCUT2D eigenvalue weighted by Gasteiger charge is -2.40. The number of piperidine rings is 1. The molecule has 132 valence electrons. The monoisotopic (exact) mass is 330 g/mol. The summed E-state index contributed by atoms with van der Waals surface area (Å²) in [7, 11) is 0. The average molecular weight is 330 g/mol. The number of nitrogens with one attached hydrogen (secondary N) is 1. The molecule has 0 radical (unpaired) electrons. The van der Waals surface area contributed by atoms with E-state index in [1.165, 1.54) is 16.7 Å². The van der Waals surface area contributed by atoms with Crippen LogP contribution in [0.3, 0.4) is 0 Å². The molecule has 1 aliphatic carbocycles. The Bertz CT molecular complexity index is 604. The molecule has 0 aromatic heterocycles. The number of amides is 2. The van der Waals surface area contributed by atoms with Gasteiger partial charge in [0.15, 0.2) is 0 Å². The summed E-state index contributed by atoms with van der Waals surface area (Å²) >= 11 is 0. The van der Waals surface area contributed by atoms with Crippen LogP contribution in [0, 0.1) is 6.92 Å². The van der Waals surface area contributed by atoms with E-state index in [4.69, 9.17) is 4.74 Å². The van der Waals surface area contributed by atoms with Gasteiger partial charge in [0.1, 0.15) is 0 Å². The summed E-state index contributed by atoms with van der Waals surface area (Å²) in [5, 5.41) is 3.01. The van der Waals surface area contributed by atoms with E-state index in [9.17, 15) is 4.79 Å². The molecular weight excluding hydrogens is 300 g/mol. The van der Waals surface area contributed by atoms with E-state index in [1.54, 1.807) is 0 Å². The Kier molecular flexibility index (Phi) is 4.86. The standard InChI is InChI=1S/C20H30N2O2/c1-5-24-18-13-20(17-7-6-15(4)12-16(17)18)8-10-22(11-9-20)19(23)21-14(2)3/h6-7,12,14,18H,5,8-11,13H2,1-4H3,(H,21,23). The molecule has 2 amide bonds. The summed E-state index contributed by atoms with van der Waals surface area (Å²) in [6.07, 6.45) is 3.32. The highest BCUT2D eigenvalue weighted by molar-refractivity contribution is 5.74. The summed E-state index contributed by atoms with van der Waals surface area (Å²) in [5.74, 6) is 0. The van der Waals surface area contributed by atoms with Gasteiger partial charge in [-0.15, -0.1) is 0 Å². The van der Waals surface area contributed by atoms with Crippen molar-refractivity contribution < 1.29 is 9.53 Å². The van der Waals surface area contributed by atoms with Gasteiger partial charge in [-0.1, -0.05) is 23.8 Å². The zero-order valence-electron chi connectivity index (χ0n) is 15.4. The molecule has 4 heteroatoms. The highest BCUT2D eigenvalue weighted by Crippen LogP contribution is 2.52. The number of nitrogens with zero attached hydrogens (tertiary/aromatic N) is 1. The molecule has 0 bridgehead atoms. The number of hydrogen-bond acceptors (Lipinski definition) is 2. The van der Waals surface area contributed by atoms with Gasteiger partial charge in [-0.3, -0.25) is 0 Å². The minimum atomic E-state index is 0.0725. The van der Waals surface area contributed by atoms with Gasteiger partial charge in [0.2, 0.25) is 0 Å². The number of rotatable bonds is 3. The van der Waals surface area contributed by atoms with Gasteiger partial charge in [0.05, 0.1) is 6.10 Å². The number of hydrogen-bond donors (Lipinski definition) is 1. The molecule has 1 heterocycles. The zero-order valence-corrected chi connectivity index (χ0v) is 15.4. The molecule has 1 aromatic rings. The lowest BCUT2D eigenvalue weighted by molar-refractivity contribution is 0.0426. The molecule has 1 spiro atoms. The first-order chi connectivity index (χ1) is 11.4. The van der Waals surface area contributed by atoms with Crippen molar-refractivity contribution in [3.63, 3.8) is 0 Å². The Morgan fingerprint density at radius 3 is 2.71 bits per heavy atom. The minimum absolute atomic E-state index is 0.0725. The molecule has 1 aromatic carbocycles. The van der Waals surface area contributed by atoms with E-state index in [0.29, 0.717) is 0 Å². The lowest BCUT2D eigenvalue weighted by Crippen LogP contribution is -2.49. The summed E-state index contributed by atoms with van der Waals surface area (Å²) in [6.45, 7) is 10.6. The van der Waals surface area contributed by atoms with Crippen LogP contribution >= 0.6 is 0 Å². The summed E-state index contributed by atoms with van der Waals surface area (Å²) < 4.78 is 6.05. The van der Waals surface area contributed by atoms with Crippen molar-refractivity contribution in [2.75, 3.05) is 19.7 Å². The van der Waals surface area contributed by atoms with Gasteiger partial charge in [-0.2, -0.15) is 0 Å². The van der Waals surface area contributed by atoms with Crippen LogP contribution in [0.4, 0.5) is 4.79 Å². The van der Waals surface area contributed by atoms with Crippen LogP contribution in [-0.4, -0.2) is 36.7 Å². The van der Waals surface area contributed by atoms with Crippen LogP contribution in [0.15, 0.2) is 18.2 Å². The smallest absolute Gasteiger partial charge is 0.317 e. The molecule has 4 nitrogen and oxygen atoms in total. The van der Waals surface area contributed by atoms with Crippen molar-refractivity contribution >= 4 is 6.03 Å². The van der Waals surface area contributed by atoms with Gasteiger partial charge in [0.25, 0.3) is 0 Å². The molecule has 0 saturated carbocycles. The molecule has 1 fully saturated rings. The van der Waals surface area contributed by atoms with Crippen molar-refractivity contribution in [3.8, 4) is 0 Å². The molecule has 1 atom stereocenters. The Hall–Kier alpha value is -1.55. The predicted octanol–water partition coefficient (Wildman–Crippen LogP) is 3.93. The third-order valence-corrected chi connectivity index (χ3v) is 5.49. The van der Waals surface area contributed by atoms with E-state index in [-0.39, 0.29) is 23.6 Å². The third-order valence-electron chi connectivity index (χ3n) is 5.49. The van der Waals surface area contributed by atoms with Crippen LogP contribution in [0.25, 0.3) is 0 Å². The SMILES string of the molecule is CCOC1CC2(CCN(C(=O)NC(C)C)CC2)c2ccc(C)cc21. The molecule has 2 aliphatic rings. The zero-order chi connectivity index (χ0) is 17.3. The molecule has 24 heavy (non-hydrogen) atoms. The first-order valence-electron chi connectivity index (χ1n) is 9.23. The number of likely N-dealkylation sites (tertiary alicyclic amines) is 1. The molecule has 1 saturated heterocycles. The summed E-state index contributed by atoms with van der Waals surface area (Å²) in [4.78, 5) is 14.2. The number of carbonyl (C=O) groups is 1. The fourth-order valence-corrected chi connectivity index (χ4v) is 4.31. The molecule has 1 aliphatic heterocycles. The van der Waals surface area contributed by atoms with Gasteiger partial charge in [-0.05, 0) is 58.1 Å². The van der Waals surface area contributed by atoms with Crippen molar-refractivity contribution in [2.24, 2.45) is 0 Å². The second-order valence-electron chi connectivity index (χ2n) is 7.61. The van der Waals surface area contributed by atoms with Crippen LogP contribution in [0.2, 0.25) is 0 Å². The first-order valence-corrected chi connectivity index (χ1v) is 9.23. The summed E-state index contributed by atoms with van der Waals surface area (Å²) in [5.41, 5.74) is 4.30. The number of aryl methyl sites for hydroxylation is 1. The Balaban J connectivity index is 1.77. The maximum atomic E-state index is 12.3. The quantitative estimate of drug-likeness (QED) is 0.912. The van der Waals surface area contributed by atoms with Crippen LogP contribution < -0.4 is 5.32 Å². The highest BCUT2D eigenvalue weighted by atomic mass is 16.5. The van der Waals surface area contributed by atoms with E-state index in [0.717, 1.165) is 39.0 Å². The minimum Gasteiger partial charge on any atom is -0.374 e. The van der Waals surface area contributed by atoms with Gasteiger partial charge in [-0.25, -0.2) is 4.79 Å². The number of fused-ring (bicyclic) bond motifs is 2. The third kappa shape index (κ3) is 3.16. The van der Waals surface area contributed by atoms with E-state index < -0.39 is 0 Å². The van der Waals surface area contributed by atoms with Crippen LogP contribution in [0.5, 0.6) is 0 Å². The fourth-order valence-electron chi connectivity index (χ4n) is 4.31.